The van der Waals surface area contributed by atoms with Gasteiger partial charge in [0.15, 0.2) is 0 Å². The average molecular weight is 394 g/mol. The second-order valence-electron chi connectivity index (χ2n) is 6.74. The van der Waals surface area contributed by atoms with Crippen LogP contribution in [0.3, 0.4) is 0 Å². The maximum absolute atomic E-state index is 13.1. The van der Waals surface area contributed by atoms with Crippen LogP contribution in [0.5, 0.6) is 0 Å². The molecule has 144 valence electrons. The predicted octanol–water partition coefficient (Wildman–Crippen LogP) is 4.27. The third kappa shape index (κ3) is 4.54. The van der Waals surface area contributed by atoms with E-state index >= 15 is 0 Å². The van der Waals surface area contributed by atoms with E-state index in [-0.39, 0.29) is 11.2 Å². The first-order valence-corrected chi connectivity index (χ1v) is 10.4. The molecule has 2 N–H and O–H groups in total. The Hall–Kier alpha value is -2.80. The lowest BCUT2D eigenvalue weighted by molar-refractivity contribution is -0.115. The first-order valence-electron chi connectivity index (χ1n) is 9.54. The summed E-state index contributed by atoms with van der Waals surface area (Å²) in [5.74, 6) is 0.920. The van der Waals surface area contributed by atoms with Crippen molar-refractivity contribution in [2.24, 2.45) is 0 Å². The van der Waals surface area contributed by atoms with E-state index in [0.717, 1.165) is 36.4 Å². The zero-order chi connectivity index (χ0) is 19.2. The summed E-state index contributed by atoms with van der Waals surface area (Å²) < 4.78 is 0. The Kier molecular flexibility index (Phi) is 5.92. The van der Waals surface area contributed by atoms with E-state index in [0.29, 0.717) is 11.9 Å². The van der Waals surface area contributed by atoms with Crippen molar-refractivity contribution in [1.29, 1.82) is 0 Å². The van der Waals surface area contributed by atoms with Crippen molar-refractivity contribution in [2.75, 3.05) is 23.3 Å². The number of benzene rings is 2. The molecule has 4 rings (SSSR count). The number of hydrogen-bond donors (Lipinski definition) is 2. The third-order valence-electron chi connectivity index (χ3n) is 4.69. The SMILES string of the molecule is O=C(Nc1nc(N2CCCCC2)n[nH]1)C(Sc1ccccc1)c1ccccc1. The fraction of sp³-hybridized carbons (Fsp3) is 0.286. The monoisotopic (exact) mass is 393 g/mol. The summed E-state index contributed by atoms with van der Waals surface area (Å²) in [7, 11) is 0. The Morgan fingerprint density at radius 2 is 1.68 bits per heavy atom. The predicted molar refractivity (Wildman–Crippen MR) is 113 cm³/mol. The normalized spacial score (nSPS) is 15.2. The molecule has 1 unspecified atom stereocenters. The van der Waals surface area contributed by atoms with Crippen molar-refractivity contribution in [3.8, 4) is 0 Å². The number of nitrogens with one attached hydrogen (secondary N) is 2. The minimum atomic E-state index is -0.382. The number of carbonyl (C=O) groups is 1. The zero-order valence-electron chi connectivity index (χ0n) is 15.5. The third-order valence-corrected chi connectivity index (χ3v) is 5.96. The minimum absolute atomic E-state index is 0.124. The van der Waals surface area contributed by atoms with Crippen molar-refractivity contribution in [1.82, 2.24) is 15.2 Å². The van der Waals surface area contributed by atoms with E-state index in [1.807, 2.05) is 60.7 Å². The Morgan fingerprint density at radius 3 is 2.39 bits per heavy atom. The maximum atomic E-state index is 13.1. The lowest BCUT2D eigenvalue weighted by Crippen LogP contribution is -2.30. The van der Waals surface area contributed by atoms with Crippen LogP contribution in [0.2, 0.25) is 0 Å². The molecule has 1 fully saturated rings. The Labute approximate surface area is 168 Å². The van der Waals surface area contributed by atoms with Gasteiger partial charge in [-0.2, -0.15) is 4.98 Å². The van der Waals surface area contributed by atoms with Crippen molar-refractivity contribution in [2.45, 2.75) is 29.4 Å². The van der Waals surface area contributed by atoms with E-state index in [1.165, 1.54) is 18.2 Å². The summed E-state index contributed by atoms with van der Waals surface area (Å²) in [6, 6.07) is 19.7. The molecular weight excluding hydrogens is 370 g/mol. The van der Waals surface area contributed by atoms with E-state index in [9.17, 15) is 4.79 Å². The lowest BCUT2D eigenvalue weighted by atomic mass is 10.1. The van der Waals surface area contributed by atoms with Crippen molar-refractivity contribution in [3.63, 3.8) is 0 Å². The molecule has 1 saturated heterocycles. The molecular formula is C21H23N5OS. The highest BCUT2D eigenvalue weighted by Gasteiger charge is 2.24. The molecule has 3 aromatic rings. The van der Waals surface area contributed by atoms with Crippen molar-refractivity contribution in [3.05, 3.63) is 66.2 Å². The van der Waals surface area contributed by atoms with Gasteiger partial charge in [0, 0.05) is 18.0 Å². The van der Waals surface area contributed by atoms with Crippen LogP contribution in [0.1, 0.15) is 30.1 Å². The molecule has 1 amide bonds. The quantitative estimate of drug-likeness (QED) is 0.612. The van der Waals surface area contributed by atoms with Crippen LogP contribution in [-0.4, -0.2) is 34.2 Å². The van der Waals surface area contributed by atoms with Gasteiger partial charge in [0.1, 0.15) is 5.25 Å². The molecule has 0 radical (unpaired) electrons. The molecule has 7 heteroatoms. The summed E-state index contributed by atoms with van der Waals surface area (Å²) in [4.78, 5) is 20.7. The number of aromatic amines is 1. The first-order chi connectivity index (χ1) is 13.8. The Balaban J connectivity index is 1.50. The molecule has 1 aliphatic heterocycles. The van der Waals surface area contributed by atoms with Crippen molar-refractivity contribution >= 4 is 29.6 Å². The molecule has 0 bridgehead atoms. The summed E-state index contributed by atoms with van der Waals surface area (Å²) in [5, 5.41) is 9.66. The molecule has 1 aliphatic rings. The summed E-state index contributed by atoms with van der Waals surface area (Å²) >= 11 is 1.52. The van der Waals surface area contributed by atoms with Crippen LogP contribution < -0.4 is 10.2 Å². The molecule has 2 aromatic carbocycles. The van der Waals surface area contributed by atoms with Gasteiger partial charge in [0.25, 0.3) is 0 Å². The molecule has 6 nitrogen and oxygen atoms in total. The molecule has 2 heterocycles. The topological polar surface area (TPSA) is 73.9 Å². The van der Waals surface area contributed by atoms with Crippen molar-refractivity contribution < 1.29 is 4.79 Å². The number of aromatic nitrogens is 3. The Bertz CT molecular complexity index is 893. The van der Waals surface area contributed by atoms with Gasteiger partial charge in [-0.15, -0.1) is 16.9 Å². The molecule has 0 aliphatic carbocycles. The highest BCUT2D eigenvalue weighted by atomic mass is 32.2. The van der Waals surface area contributed by atoms with Gasteiger partial charge in [-0.25, -0.2) is 5.10 Å². The van der Waals surface area contributed by atoms with Gasteiger partial charge in [0.05, 0.1) is 0 Å². The van der Waals surface area contributed by atoms with Crippen LogP contribution in [0, 0.1) is 0 Å². The molecule has 1 atom stereocenters. The van der Waals surface area contributed by atoms with Crippen LogP contribution in [0.15, 0.2) is 65.6 Å². The molecule has 0 spiro atoms. The average Bonchev–Trinajstić information content (AvgIpc) is 3.22. The van der Waals surface area contributed by atoms with E-state index in [1.54, 1.807) is 0 Å². The van der Waals surface area contributed by atoms with E-state index in [4.69, 9.17) is 0 Å². The number of H-pyrrole nitrogens is 1. The number of nitrogens with zero attached hydrogens (tertiary/aromatic N) is 3. The summed E-state index contributed by atoms with van der Waals surface area (Å²) in [5.41, 5.74) is 0.949. The van der Waals surface area contributed by atoms with E-state index in [2.05, 4.69) is 25.4 Å². The van der Waals surface area contributed by atoms with Crippen LogP contribution in [0.25, 0.3) is 0 Å². The van der Waals surface area contributed by atoms with Gasteiger partial charge >= 0.3 is 0 Å². The van der Waals surface area contributed by atoms with Gasteiger partial charge in [-0.1, -0.05) is 48.5 Å². The number of amides is 1. The Morgan fingerprint density at radius 1 is 1.00 bits per heavy atom. The van der Waals surface area contributed by atoms with Crippen LogP contribution in [0.4, 0.5) is 11.9 Å². The second-order valence-corrected chi connectivity index (χ2v) is 7.92. The van der Waals surface area contributed by atoms with Gasteiger partial charge in [0.2, 0.25) is 17.8 Å². The summed E-state index contributed by atoms with van der Waals surface area (Å²) in [6.45, 7) is 1.92. The van der Waals surface area contributed by atoms with Gasteiger partial charge < -0.3 is 4.90 Å². The number of hydrogen-bond acceptors (Lipinski definition) is 5. The van der Waals surface area contributed by atoms with E-state index < -0.39 is 0 Å². The second kappa shape index (κ2) is 8.93. The number of carbonyl (C=O) groups excluding carboxylic acids is 1. The first kappa shape index (κ1) is 18.6. The van der Waals surface area contributed by atoms with Crippen LogP contribution >= 0.6 is 11.8 Å². The smallest absolute Gasteiger partial charge is 0.246 e. The number of thioether (sulfide) groups is 1. The minimum Gasteiger partial charge on any atom is -0.340 e. The highest BCUT2D eigenvalue weighted by molar-refractivity contribution is 8.00. The zero-order valence-corrected chi connectivity index (χ0v) is 16.4. The molecule has 28 heavy (non-hydrogen) atoms. The molecule has 1 aromatic heterocycles. The fourth-order valence-corrected chi connectivity index (χ4v) is 4.31. The van der Waals surface area contributed by atoms with Gasteiger partial charge in [-0.05, 0) is 37.0 Å². The number of piperidine rings is 1. The largest absolute Gasteiger partial charge is 0.340 e. The fourth-order valence-electron chi connectivity index (χ4n) is 3.26. The van der Waals surface area contributed by atoms with Gasteiger partial charge in [-0.3, -0.25) is 10.1 Å². The number of rotatable bonds is 6. The standard InChI is InChI=1S/C21H23N5OS/c27-19(22-20-23-21(25-24-20)26-14-8-3-9-15-26)18(16-10-4-1-5-11-16)28-17-12-6-2-7-13-17/h1-2,4-7,10-13,18H,3,8-9,14-15H2,(H2,22,23,24,25,27). The highest BCUT2D eigenvalue weighted by Crippen LogP contribution is 2.36. The summed E-state index contributed by atoms with van der Waals surface area (Å²) in [6.07, 6.45) is 3.56. The molecule has 0 saturated carbocycles. The maximum Gasteiger partial charge on any atom is 0.246 e. The number of anilines is 2. The lowest BCUT2D eigenvalue weighted by Gasteiger charge is -2.24. The van der Waals surface area contributed by atoms with Crippen LogP contribution in [-0.2, 0) is 4.79 Å².